The van der Waals surface area contributed by atoms with Gasteiger partial charge in [0.1, 0.15) is 0 Å². The highest BCUT2D eigenvalue weighted by atomic mass is 32.2. The molecule has 21 heavy (non-hydrogen) atoms. The first-order chi connectivity index (χ1) is 9.74. The van der Waals surface area contributed by atoms with Crippen molar-refractivity contribution in [3.63, 3.8) is 0 Å². The Balaban J connectivity index is 2.19. The van der Waals surface area contributed by atoms with E-state index < -0.39 is 14.6 Å². The second-order valence-corrected chi connectivity index (χ2v) is 9.15. The van der Waals surface area contributed by atoms with Crippen molar-refractivity contribution in [2.75, 3.05) is 37.3 Å². The summed E-state index contributed by atoms with van der Waals surface area (Å²) in [5.41, 5.74) is 1.20. The molecule has 0 radical (unpaired) electrons. The molecule has 0 unspecified atom stereocenters. The van der Waals surface area contributed by atoms with Gasteiger partial charge in [-0.1, -0.05) is 18.2 Å². The van der Waals surface area contributed by atoms with Crippen molar-refractivity contribution >= 4 is 15.5 Å². The van der Waals surface area contributed by atoms with Crippen LogP contribution in [0.15, 0.2) is 30.3 Å². The second kappa shape index (κ2) is 7.80. The van der Waals surface area contributed by atoms with Crippen LogP contribution in [-0.4, -0.2) is 45.6 Å². The zero-order chi connectivity index (χ0) is 15.9. The first-order valence-electron chi connectivity index (χ1n) is 7.43. The van der Waals surface area contributed by atoms with Gasteiger partial charge in [-0.25, -0.2) is 8.42 Å². The van der Waals surface area contributed by atoms with E-state index in [1.165, 1.54) is 5.69 Å². The van der Waals surface area contributed by atoms with Crippen LogP contribution >= 0.6 is 0 Å². The maximum Gasteiger partial charge on any atom is 0.156 e. The Hall–Kier alpha value is -1.07. The Morgan fingerprint density at radius 2 is 1.71 bits per heavy atom. The van der Waals surface area contributed by atoms with Crippen LogP contribution in [0.3, 0.4) is 0 Å². The quantitative estimate of drug-likeness (QED) is 0.749. The Morgan fingerprint density at radius 3 is 2.29 bits per heavy atom. The minimum absolute atomic E-state index is 0.199. The van der Waals surface area contributed by atoms with E-state index in [1.54, 1.807) is 20.8 Å². The zero-order valence-electron chi connectivity index (χ0n) is 13.6. The number of hydrogen-bond acceptors (Lipinski definition) is 4. The van der Waals surface area contributed by atoms with Gasteiger partial charge in [-0.3, -0.25) is 0 Å². The Morgan fingerprint density at radius 1 is 1.10 bits per heavy atom. The van der Waals surface area contributed by atoms with Gasteiger partial charge in [-0.15, -0.1) is 0 Å². The highest BCUT2D eigenvalue weighted by molar-refractivity contribution is 7.92. The molecule has 1 rings (SSSR count). The van der Waals surface area contributed by atoms with Gasteiger partial charge >= 0.3 is 0 Å². The summed E-state index contributed by atoms with van der Waals surface area (Å²) in [7, 11) is -0.948. The molecule has 1 N–H and O–H groups in total. The van der Waals surface area contributed by atoms with Gasteiger partial charge in [-0.05, 0) is 45.9 Å². The fraction of sp³-hybridized carbons (Fsp3) is 0.625. The lowest BCUT2D eigenvalue weighted by molar-refractivity contribution is 0.555. The van der Waals surface area contributed by atoms with E-state index in [0.29, 0.717) is 6.54 Å². The summed E-state index contributed by atoms with van der Waals surface area (Å²) in [5.74, 6) is 0.199. The highest BCUT2D eigenvalue weighted by Crippen LogP contribution is 2.15. The molecule has 0 saturated heterocycles. The maximum absolute atomic E-state index is 11.9. The Bertz CT molecular complexity index is 507. The topological polar surface area (TPSA) is 49.4 Å². The molecule has 0 amide bonds. The molecule has 5 heteroatoms. The van der Waals surface area contributed by atoms with E-state index in [2.05, 4.69) is 29.4 Å². The van der Waals surface area contributed by atoms with Crippen LogP contribution in [0.2, 0.25) is 0 Å². The fourth-order valence-corrected chi connectivity index (χ4v) is 2.92. The van der Waals surface area contributed by atoms with Crippen molar-refractivity contribution in [1.82, 2.24) is 5.32 Å². The molecule has 120 valence electrons. The molecule has 1 aromatic carbocycles. The molecule has 0 heterocycles. The first-order valence-corrected chi connectivity index (χ1v) is 9.08. The van der Waals surface area contributed by atoms with Crippen molar-refractivity contribution in [2.45, 2.75) is 31.9 Å². The summed E-state index contributed by atoms with van der Waals surface area (Å²) < 4.78 is 23.2. The van der Waals surface area contributed by atoms with Gasteiger partial charge in [0.05, 0.1) is 10.5 Å². The summed E-state index contributed by atoms with van der Waals surface area (Å²) in [6, 6.07) is 10.2. The predicted molar refractivity (Wildman–Crippen MR) is 90.7 cm³/mol. The van der Waals surface area contributed by atoms with Crippen LogP contribution in [0.1, 0.15) is 27.2 Å². The predicted octanol–water partition coefficient (Wildman–Crippen LogP) is 2.32. The molecule has 1 aromatic rings. The molecule has 0 saturated carbocycles. The smallest absolute Gasteiger partial charge is 0.156 e. The summed E-state index contributed by atoms with van der Waals surface area (Å²) in [5, 5.41) is 3.21. The third-order valence-corrected chi connectivity index (χ3v) is 6.13. The number of hydrogen-bond donors (Lipinski definition) is 1. The number of rotatable bonds is 8. The molecule has 4 nitrogen and oxygen atoms in total. The van der Waals surface area contributed by atoms with Gasteiger partial charge < -0.3 is 10.2 Å². The first kappa shape index (κ1) is 18.0. The largest absolute Gasteiger partial charge is 0.375 e. The number of anilines is 1. The maximum atomic E-state index is 11.9. The van der Waals surface area contributed by atoms with E-state index in [9.17, 15) is 8.42 Å². The summed E-state index contributed by atoms with van der Waals surface area (Å²) in [6.07, 6.45) is 0.987. The third-order valence-electron chi connectivity index (χ3n) is 3.52. The van der Waals surface area contributed by atoms with Gasteiger partial charge in [0.15, 0.2) is 9.84 Å². The van der Waals surface area contributed by atoms with Gasteiger partial charge in [-0.2, -0.15) is 0 Å². The number of nitrogens with one attached hydrogen (secondary N) is 1. The minimum atomic E-state index is -3.02. The fourth-order valence-electron chi connectivity index (χ4n) is 1.89. The molecule has 0 aliphatic carbocycles. The number of para-hydroxylation sites is 1. The number of benzene rings is 1. The monoisotopic (exact) mass is 312 g/mol. The molecule has 0 spiro atoms. The van der Waals surface area contributed by atoms with E-state index in [1.807, 2.05) is 18.2 Å². The zero-order valence-corrected chi connectivity index (χ0v) is 14.4. The van der Waals surface area contributed by atoms with Crippen LogP contribution in [-0.2, 0) is 9.84 Å². The van der Waals surface area contributed by atoms with Gasteiger partial charge in [0.25, 0.3) is 0 Å². The minimum Gasteiger partial charge on any atom is -0.375 e. The van der Waals surface area contributed by atoms with Gasteiger partial charge in [0.2, 0.25) is 0 Å². The molecular formula is C16H28N2O2S. The Labute approximate surface area is 129 Å². The van der Waals surface area contributed by atoms with E-state index in [4.69, 9.17) is 0 Å². The molecule has 0 aliphatic heterocycles. The second-order valence-electron chi connectivity index (χ2n) is 6.29. The standard InChI is InChI=1S/C16H28N2O2S/c1-16(2,3)21(19,20)14-12-17-11-8-13-18(4)15-9-6-5-7-10-15/h5-7,9-10,17H,8,11-14H2,1-4H3. The highest BCUT2D eigenvalue weighted by Gasteiger charge is 2.27. The van der Waals surface area contributed by atoms with Crippen molar-refractivity contribution in [2.24, 2.45) is 0 Å². The van der Waals surface area contributed by atoms with Crippen LogP contribution in [0.5, 0.6) is 0 Å². The molecule has 0 aromatic heterocycles. The molecule has 0 bridgehead atoms. The van der Waals surface area contributed by atoms with Crippen molar-refractivity contribution < 1.29 is 8.42 Å². The van der Waals surface area contributed by atoms with Crippen LogP contribution in [0.4, 0.5) is 5.69 Å². The normalized spacial score (nSPS) is 12.4. The molecule has 0 fully saturated rings. The van der Waals surface area contributed by atoms with Crippen molar-refractivity contribution in [1.29, 1.82) is 0 Å². The average Bonchev–Trinajstić information content (AvgIpc) is 2.42. The summed E-state index contributed by atoms with van der Waals surface area (Å²) in [6.45, 7) is 7.54. The van der Waals surface area contributed by atoms with E-state index >= 15 is 0 Å². The SMILES string of the molecule is CN(CCCNCCS(=O)(=O)C(C)(C)C)c1ccccc1. The summed E-state index contributed by atoms with van der Waals surface area (Å²) >= 11 is 0. The lowest BCUT2D eigenvalue weighted by Gasteiger charge is -2.20. The molecular weight excluding hydrogens is 284 g/mol. The number of nitrogens with zero attached hydrogens (tertiary/aromatic N) is 1. The lowest BCUT2D eigenvalue weighted by atomic mass is 10.3. The number of sulfone groups is 1. The van der Waals surface area contributed by atoms with Crippen LogP contribution < -0.4 is 10.2 Å². The van der Waals surface area contributed by atoms with Crippen molar-refractivity contribution in [3.05, 3.63) is 30.3 Å². The molecule has 0 aliphatic rings. The van der Waals surface area contributed by atoms with Crippen molar-refractivity contribution in [3.8, 4) is 0 Å². The van der Waals surface area contributed by atoms with E-state index in [-0.39, 0.29) is 5.75 Å². The van der Waals surface area contributed by atoms with Gasteiger partial charge in [0, 0.05) is 25.8 Å². The summed E-state index contributed by atoms with van der Waals surface area (Å²) in [4.78, 5) is 2.20. The van der Waals surface area contributed by atoms with Crippen LogP contribution in [0.25, 0.3) is 0 Å². The average molecular weight is 312 g/mol. The van der Waals surface area contributed by atoms with E-state index in [0.717, 1.165) is 19.5 Å². The van der Waals surface area contributed by atoms with Crippen LogP contribution in [0, 0.1) is 0 Å². The Kier molecular flexibility index (Phi) is 6.68. The third kappa shape index (κ3) is 6.06. The molecule has 0 atom stereocenters. The lowest BCUT2D eigenvalue weighted by Crippen LogP contribution is -2.35.